The highest BCUT2D eigenvalue weighted by Gasteiger charge is 2.27. The van der Waals surface area contributed by atoms with E-state index >= 15 is 0 Å². The number of rotatable bonds is 17. The molecule has 0 spiro atoms. The van der Waals surface area contributed by atoms with Crippen LogP contribution in [0.4, 0.5) is 5.69 Å². The minimum atomic E-state index is -3.74. The topological polar surface area (TPSA) is 166 Å². The summed E-state index contributed by atoms with van der Waals surface area (Å²) in [5, 5.41) is 15.1. The minimum absolute atomic E-state index is 0.0634. The van der Waals surface area contributed by atoms with Crippen LogP contribution < -0.4 is 30.9 Å². The van der Waals surface area contributed by atoms with Crippen molar-refractivity contribution in [2.75, 3.05) is 30.7 Å². The number of anilines is 1. The molecule has 1 heterocycles. The molecular weight excluding hydrogens is 780 g/mol. The smallest absolute Gasteiger partial charge is 0.251 e. The third-order valence-electron chi connectivity index (χ3n) is 8.07. The summed E-state index contributed by atoms with van der Waals surface area (Å²) in [5.41, 5.74) is 1.03. The lowest BCUT2D eigenvalue weighted by molar-refractivity contribution is -0.130. The maximum absolute atomic E-state index is 13.9. The quantitative estimate of drug-likeness (QED) is 0.132. The maximum atomic E-state index is 13.9. The van der Waals surface area contributed by atoms with Gasteiger partial charge in [-0.2, -0.15) is 0 Å². The highest BCUT2D eigenvalue weighted by molar-refractivity contribution is 9.11. The lowest BCUT2D eigenvalue weighted by atomic mass is 10.0. The van der Waals surface area contributed by atoms with Gasteiger partial charge in [-0.1, -0.05) is 37.6 Å². The number of sulfonamides is 1. The van der Waals surface area contributed by atoms with Gasteiger partial charge >= 0.3 is 0 Å². The highest BCUT2D eigenvalue weighted by atomic mass is 79.9. The lowest BCUT2D eigenvalue weighted by Gasteiger charge is -2.25. The summed E-state index contributed by atoms with van der Waals surface area (Å²) >= 11 is 11.1. The molecule has 0 saturated carbocycles. The number of likely N-dealkylation sites (N-methyl/N-ethyl adjacent to an activating group) is 1. The molecule has 3 rings (SSSR count). The molecule has 4 amide bonds. The summed E-state index contributed by atoms with van der Waals surface area (Å²) in [6.07, 6.45) is 1.43. The van der Waals surface area contributed by atoms with E-state index in [9.17, 15) is 27.6 Å². The molecule has 0 fully saturated rings. The third-order valence-corrected chi connectivity index (χ3v) is 11.2. The van der Waals surface area contributed by atoms with Gasteiger partial charge in [0.1, 0.15) is 6.04 Å². The van der Waals surface area contributed by atoms with Gasteiger partial charge in [0, 0.05) is 53.6 Å². The molecule has 0 radical (unpaired) electrons. The summed E-state index contributed by atoms with van der Waals surface area (Å²) in [6.45, 7) is 9.58. The SMILES string of the molecule is CCNC(=O)[C@@H](NC(=O)[C@H](C)NC[C@H](Cc1ccc(Br)s1)NC(=O)c1cc(C(=O)N[C@H](C)c2cccc(Cl)c2)cc(N(C)S(C)(=O)=O)c1)C(C)C. The highest BCUT2D eigenvalue weighted by Crippen LogP contribution is 2.25. The van der Waals surface area contributed by atoms with Crippen LogP contribution >= 0.6 is 38.9 Å². The molecule has 0 aliphatic rings. The molecule has 2 aromatic carbocycles. The Morgan fingerprint density at radius 1 is 0.902 bits per heavy atom. The van der Waals surface area contributed by atoms with E-state index in [2.05, 4.69) is 42.5 Å². The van der Waals surface area contributed by atoms with Crippen molar-refractivity contribution in [1.29, 1.82) is 0 Å². The van der Waals surface area contributed by atoms with Gasteiger partial charge in [0.2, 0.25) is 21.8 Å². The zero-order chi connectivity index (χ0) is 38.0. The van der Waals surface area contributed by atoms with Crippen molar-refractivity contribution in [3.8, 4) is 0 Å². The number of benzene rings is 2. The molecule has 3 aromatic rings. The maximum Gasteiger partial charge on any atom is 0.251 e. The predicted octanol–water partition coefficient (Wildman–Crippen LogP) is 4.65. The number of halogens is 2. The number of carbonyl (C=O) groups excluding carboxylic acids is 4. The first kappa shape index (κ1) is 41.9. The molecule has 278 valence electrons. The number of hydrogen-bond donors (Lipinski definition) is 5. The summed E-state index contributed by atoms with van der Waals surface area (Å²) in [7, 11) is -2.40. The third kappa shape index (κ3) is 12.6. The molecular formula is C35H46BrClN6O6S2. The van der Waals surface area contributed by atoms with E-state index in [0.29, 0.717) is 18.0 Å². The summed E-state index contributed by atoms with van der Waals surface area (Å²) in [5.74, 6) is -1.85. The summed E-state index contributed by atoms with van der Waals surface area (Å²) in [4.78, 5) is 54.0. The van der Waals surface area contributed by atoms with E-state index in [1.54, 1.807) is 39.0 Å². The molecule has 1 aromatic heterocycles. The van der Waals surface area contributed by atoms with E-state index in [1.165, 1.54) is 36.6 Å². The number of hydrogen-bond acceptors (Lipinski definition) is 8. The van der Waals surface area contributed by atoms with Crippen LogP contribution in [0, 0.1) is 5.92 Å². The predicted molar refractivity (Wildman–Crippen MR) is 207 cm³/mol. The molecule has 5 N–H and O–H groups in total. The first-order valence-electron chi connectivity index (χ1n) is 16.4. The molecule has 0 aliphatic heterocycles. The Morgan fingerprint density at radius 2 is 1.55 bits per heavy atom. The van der Waals surface area contributed by atoms with E-state index in [0.717, 1.165) is 24.8 Å². The van der Waals surface area contributed by atoms with Crippen molar-refractivity contribution < 1.29 is 27.6 Å². The van der Waals surface area contributed by atoms with E-state index in [-0.39, 0.29) is 41.1 Å². The molecule has 16 heteroatoms. The minimum Gasteiger partial charge on any atom is -0.355 e. The molecule has 0 unspecified atom stereocenters. The van der Waals surface area contributed by atoms with E-state index < -0.39 is 46.0 Å². The fourth-order valence-electron chi connectivity index (χ4n) is 5.04. The van der Waals surface area contributed by atoms with Crippen LogP contribution in [-0.4, -0.2) is 76.6 Å². The van der Waals surface area contributed by atoms with Crippen LogP contribution in [0.15, 0.2) is 58.4 Å². The van der Waals surface area contributed by atoms with Gasteiger partial charge in [0.25, 0.3) is 11.8 Å². The van der Waals surface area contributed by atoms with Gasteiger partial charge in [-0.3, -0.25) is 23.5 Å². The van der Waals surface area contributed by atoms with Crippen molar-refractivity contribution >= 4 is 78.2 Å². The first-order valence-corrected chi connectivity index (χ1v) is 20.2. The Labute approximate surface area is 317 Å². The molecule has 0 saturated heterocycles. The second kappa shape index (κ2) is 18.8. The molecule has 0 aliphatic carbocycles. The number of thiophene rings is 1. The van der Waals surface area contributed by atoms with Crippen molar-refractivity contribution in [3.05, 3.63) is 85.0 Å². The summed E-state index contributed by atoms with van der Waals surface area (Å²) in [6, 6.07) is 12.7. The number of carbonyl (C=O) groups is 4. The van der Waals surface area contributed by atoms with Crippen LogP contribution in [0.5, 0.6) is 0 Å². The van der Waals surface area contributed by atoms with Crippen molar-refractivity contribution in [2.45, 2.75) is 65.2 Å². The van der Waals surface area contributed by atoms with Crippen molar-refractivity contribution in [2.24, 2.45) is 5.92 Å². The standard InChI is InChI=1S/C35H46BrClN6O6S2/c1-8-38-35(47)31(20(2)3)42-32(44)22(5)39-19-27(18-29-12-13-30(36)50-29)41-34(46)25-14-24(16-28(17-25)43(6)51(7,48)49)33(45)40-21(4)23-10-9-11-26(37)15-23/h9-17,20-22,27,31,39H,8,18-19H2,1-7H3,(H,38,47)(H,40,45)(H,41,46)(H,42,44)/t21-,22+,27+,31+/m1/s1. The number of nitrogens with one attached hydrogen (secondary N) is 5. The largest absolute Gasteiger partial charge is 0.355 e. The first-order chi connectivity index (χ1) is 23.9. The fourth-order valence-corrected chi connectivity index (χ4v) is 7.29. The Kier molecular flexibility index (Phi) is 15.5. The van der Waals surface area contributed by atoms with Crippen LogP contribution in [0.2, 0.25) is 5.02 Å². The van der Waals surface area contributed by atoms with Crippen molar-refractivity contribution in [3.63, 3.8) is 0 Å². The van der Waals surface area contributed by atoms with Gasteiger partial charge in [0.05, 0.1) is 27.8 Å². The molecule has 0 bridgehead atoms. The van der Waals surface area contributed by atoms with Gasteiger partial charge in [0.15, 0.2) is 0 Å². The molecule has 12 nitrogen and oxygen atoms in total. The normalized spacial score (nSPS) is 13.8. The second-order valence-corrected chi connectivity index (χ2v) is 17.6. The number of nitrogens with zero attached hydrogens (tertiary/aromatic N) is 1. The van der Waals surface area contributed by atoms with Crippen LogP contribution in [0.25, 0.3) is 0 Å². The van der Waals surface area contributed by atoms with Gasteiger partial charge in [-0.25, -0.2) is 8.42 Å². The van der Waals surface area contributed by atoms with Crippen LogP contribution in [-0.2, 0) is 26.0 Å². The zero-order valence-electron chi connectivity index (χ0n) is 29.7. The Balaban J connectivity index is 1.87. The van der Waals surface area contributed by atoms with E-state index in [1.807, 2.05) is 32.0 Å². The average Bonchev–Trinajstić information content (AvgIpc) is 3.48. The lowest BCUT2D eigenvalue weighted by Crippen LogP contribution is -2.55. The number of amides is 4. The fraction of sp³-hybridized carbons (Fsp3) is 0.429. The Morgan fingerprint density at radius 3 is 2.10 bits per heavy atom. The second-order valence-electron chi connectivity index (χ2n) is 12.6. The molecule has 4 atom stereocenters. The monoisotopic (exact) mass is 824 g/mol. The molecule has 51 heavy (non-hydrogen) atoms. The van der Waals surface area contributed by atoms with Crippen molar-refractivity contribution in [1.82, 2.24) is 26.6 Å². The zero-order valence-corrected chi connectivity index (χ0v) is 33.6. The Hall–Kier alpha value is -3.50. The van der Waals surface area contributed by atoms with Crippen LogP contribution in [0.1, 0.15) is 71.8 Å². The Bertz CT molecular complexity index is 1820. The van der Waals surface area contributed by atoms with Crippen LogP contribution in [0.3, 0.4) is 0 Å². The van der Waals surface area contributed by atoms with Gasteiger partial charge < -0.3 is 26.6 Å². The summed E-state index contributed by atoms with van der Waals surface area (Å²) < 4.78 is 26.9. The average molecular weight is 826 g/mol. The van der Waals surface area contributed by atoms with E-state index in [4.69, 9.17) is 11.6 Å². The van der Waals surface area contributed by atoms with Gasteiger partial charge in [-0.05, 0) is 90.6 Å². The van der Waals surface area contributed by atoms with Gasteiger partial charge in [-0.15, -0.1) is 11.3 Å².